The predicted molar refractivity (Wildman–Crippen MR) is 85.6 cm³/mol. The molecule has 0 saturated heterocycles. The SMILES string of the molecule is CC(C(=O)[O-])c1nn2c(nc1=O)sc1ccc3ccccc3c12. The van der Waals surface area contributed by atoms with Gasteiger partial charge in [0.1, 0.15) is 5.69 Å². The van der Waals surface area contributed by atoms with E-state index in [4.69, 9.17) is 0 Å². The van der Waals surface area contributed by atoms with Gasteiger partial charge in [-0.2, -0.15) is 10.1 Å². The Morgan fingerprint density at radius 2 is 2.04 bits per heavy atom. The zero-order valence-corrected chi connectivity index (χ0v) is 12.8. The Morgan fingerprint density at radius 1 is 1.26 bits per heavy atom. The molecule has 6 nitrogen and oxygen atoms in total. The van der Waals surface area contributed by atoms with E-state index in [9.17, 15) is 14.7 Å². The maximum Gasteiger partial charge on any atom is 0.296 e. The number of carboxylic acid groups (broad SMARTS) is 1. The molecule has 2 aromatic carbocycles. The van der Waals surface area contributed by atoms with Crippen LogP contribution in [0.15, 0.2) is 41.2 Å². The Morgan fingerprint density at radius 3 is 2.83 bits per heavy atom. The molecular formula is C16H10N3O3S-. The molecule has 0 aliphatic heterocycles. The normalized spacial score (nSPS) is 12.9. The number of rotatable bonds is 2. The van der Waals surface area contributed by atoms with E-state index in [2.05, 4.69) is 10.1 Å². The Hall–Kier alpha value is -2.80. The van der Waals surface area contributed by atoms with Gasteiger partial charge in [0.25, 0.3) is 5.56 Å². The number of carboxylic acids is 1. The zero-order valence-electron chi connectivity index (χ0n) is 12.0. The van der Waals surface area contributed by atoms with Crippen molar-refractivity contribution in [1.29, 1.82) is 0 Å². The number of hydrogen-bond acceptors (Lipinski definition) is 6. The first kappa shape index (κ1) is 13.8. The van der Waals surface area contributed by atoms with Crippen LogP contribution < -0.4 is 10.7 Å². The van der Waals surface area contributed by atoms with Crippen LogP contribution in [0.5, 0.6) is 0 Å². The molecule has 2 aromatic heterocycles. The van der Waals surface area contributed by atoms with Crippen molar-refractivity contribution in [3.8, 4) is 0 Å². The summed E-state index contributed by atoms with van der Waals surface area (Å²) >= 11 is 1.35. The summed E-state index contributed by atoms with van der Waals surface area (Å²) in [4.78, 5) is 27.6. The molecule has 0 aliphatic carbocycles. The number of aliphatic carboxylic acids is 1. The lowest BCUT2D eigenvalue weighted by atomic mass is 10.1. The summed E-state index contributed by atoms with van der Waals surface area (Å²) in [5.74, 6) is -2.46. The second-order valence-corrected chi connectivity index (χ2v) is 6.28. The maximum atomic E-state index is 12.0. The summed E-state index contributed by atoms with van der Waals surface area (Å²) in [7, 11) is 0. The number of fused-ring (bicyclic) bond motifs is 5. The number of carbonyl (C=O) groups excluding carboxylic acids is 1. The average Bonchev–Trinajstić information content (AvgIpc) is 2.90. The molecule has 114 valence electrons. The van der Waals surface area contributed by atoms with Crippen LogP contribution in [0, 0.1) is 0 Å². The van der Waals surface area contributed by atoms with Crippen molar-refractivity contribution in [2.24, 2.45) is 0 Å². The Bertz CT molecular complexity index is 1150. The van der Waals surface area contributed by atoms with Gasteiger partial charge in [0.15, 0.2) is 0 Å². The fourth-order valence-electron chi connectivity index (χ4n) is 2.61. The van der Waals surface area contributed by atoms with Gasteiger partial charge < -0.3 is 9.90 Å². The lowest BCUT2D eigenvalue weighted by Gasteiger charge is -2.10. The molecule has 4 aromatic rings. The molecule has 0 bridgehead atoms. The van der Waals surface area contributed by atoms with E-state index in [0.717, 1.165) is 21.0 Å². The molecule has 23 heavy (non-hydrogen) atoms. The van der Waals surface area contributed by atoms with Crippen LogP contribution in [0.3, 0.4) is 0 Å². The average molecular weight is 324 g/mol. The minimum absolute atomic E-state index is 0.116. The van der Waals surface area contributed by atoms with Crippen molar-refractivity contribution in [1.82, 2.24) is 14.6 Å². The van der Waals surface area contributed by atoms with Crippen LogP contribution in [0.25, 0.3) is 25.9 Å². The van der Waals surface area contributed by atoms with E-state index in [-0.39, 0.29) is 5.69 Å². The van der Waals surface area contributed by atoms with Crippen molar-refractivity contribution in [2.75, 3.05) is 0 Å². The molecule has 1 atom stereocenters. The number of carbonyl (C=O) groups is 1. The lowest BCUT2D eigenvalue weighted by molar-refractivity contribution is -0.307. The lowest BCUT2D eigenvalue weighted by Crippen LogP contribution is -2.33. The predicted octanol–water partition coefficient (Wildman–Crippen LogP) is 1.31. The quantitative estimate of drug-likeness (QED) is 0.555. The molecular weight excluding hydrogens is 314 g/mol. The fourth-order valence-corrected chi connectivity index (χ4v) is 3.59. The second-order valence-electron chi connectivity index (χ2n) is 5.27. The van der Waals surface area contributed by atoms with Crippen molar-refractivity contribution >= 4 is 43.3 Å². The van der Waals surface area contributed by atoms with Gasteiger partial charge in [0.05, 0.1) is 16.2 Å². The highest BCUT2D eigenvalue weighted by Crippen LogP contribution is 2.30. The first-order valence-electron chi connectivity index (χ1n) is 6.98. The van der Waals surface area contributed by atoms with Crippen molar-refractivity contribution < 1.29 is 9.90 Å². The van der Waals surface area contributed by atoms with Crippen LogP contribution in [0.2, 0.25) is 0 Å². The maximum absolute atomic E-state index is 12.0. The van der Waals surface area contributed by atoms with Crippen LogP contribution in [-0.4, -0.2) is 20.6 Å². The van der Waals surface area contributed by atoms with Crippen LogP contribution in [-0.2, 0) is 4.79 Å². The van der Waals surface area contributed by atoms with Gasteiger partial charge in [-0.15, -0.1) is 0 Å². The Kier molecular flexibility index (Phi) is 2.92. The Balaban J connectivity index is 2.17. The summed E-state index contributed by atoms with van der Waals surface area (Å²) in [5, 5.41) is 17.4. The first-order chi connectivity index (χ1) is 11.1. The van der Waals surface area contributed by atoms with Crippen molar-refractivity contribution in [3.05, 3.63) is 52.4 Å². The summed E-state index contributed by atoms with van der Waals surface area (Å²) in [6.45, 7) is 1.37. The summed E-state index contributed by atoms with van der Waals surface area (Å²) in [6.07, 6.45) is 0. The van der Waals surface area contributed by atoms with Gasteiger partial charge in [-0.25, -0.2) is 4.52 Å². The molecule has 0 amide bonds. The number of nitrogens with zero attached hydrogens (tertiary/aromatic N) is 3. The van der Waals surface area contributed by atoms with E-state index in [1.54, 1.807) is 4.52 Å². The molecule has 0 radical (unpaired) electrons. The van der Waals surface area contributed by atoms with E-state index < -0.39 is 17.4 Å². The van der Waals surface area contributed by atoms with Gasteiger partial charge in [-0.1, -0.05) is 48.6 Å². The van der Waals surface area contributed by atoms with Crippen LogP contribution in [0.1, 0.15) is 18.5 Å². The number of benzene rings is 2. The molecule has 0 fully saturated rings. The highest BCUT2D eigenvalue weighted by molar-refractivity contribution is 7.23. The van der Waals surface area contributed by atoms with E-state index in [0.29, 0.717) is 4.96 Å². The Labute approximate surface area is 133 Å². The molecule has 1 unspecified atom stereocenters. The third-order valence-corrected chi connectivity index (χ3v) is 4.84. The van der Waals surface area contributed by atoms with E-state index in [1.165, 1.54) is 18.3 Å². The molecule has 4 rings (SSSR count). The molecule has 0 spiro atoms. The van der Waals surface area contributed by atoms with Crippen LogP contribution >= 0.6 is 11.3 Å². The van der Waals surface area contributed by atoms with Gasteiger partial charge in [-0.3, -0.25) is 4.79 Å². The van der Waals surface area contributed by atoms with E-state index in [1.807, 2.05) is 36.4 Å². The van der Waals surface area contributed by atoms with Crippen LogP contribution in [0.4, 0.5) is 0 Å². The first-order valence-corrected chi connectivity index (χ1v) is 7.80. The molecule has 0 aliphatic rings. The summed E-state index contributed by atoms with van der Waals surface area (Å²) < 4.78 is 2.49. The van der Waals surface area contributed by atoms with Gasteiger partial charge >= 0.3 is 0 Å². The smallest absolute Gasteiger partial charge is 0.296 e. The summed E-state index contributed by atoms with van der Waals surface area (Å²) in [6, 6.07) is 11.8. The second kappa shape index (κ2) is 4.85. The monoisotopic (exact) mass is 324 g/mol. The van der Waals surface area contributed by atoms with Crippen molar-refractivity contribution in [2.45, 2.75) is 12.8 Å². The summed E-state index contributed by atoms with van der Waals surface area (Å²) in [5.41, 5.74) is 0.0788. The fraction of sp³-hybridized carbons (Fsp3) is 0.125. The molecule has 7 heteroatoms. The van der Waals surface area contributed by atoms with Crippen molar-refractivity contribution in [3.63, 3.8) is 0 Å². The van der Waals surface area contributed by atoms with E-state index >= 15 is 0 Å². The standard InChI is InChI=1S/C16H11N3O3S/c1-8(15(21)22)12-14(20)17-16-19(18-12)13-10-5-3-2-4-9(10)6-7-11(13)23-16/h2-8H,1H3,(H,21,22)/p-1. The topological polar surface area (TPSA) is 87.4 Å². The minimum atomic E-state index is -1.35. The molecule has 0 saturated carbocycles. The zero-order chi connectivity index (χ0) is 16.1. The third kappa shape index (κ3) is 2.01. The number of aromatic nitrogens is 3. The third-order valence-electron chi connectivity index (χ3n) is 3.85. The highest BCUT2D eigenvalue weighted by Gasteiger charge is 2.18. The largest absolute Gasteiger partial charge is 0.549 e. The van der Waals surface area contributed by atoms with Gasteiger partial charge in [0, 0.05) is 11.3 Å². The minimum Gasteiger partial charge on any atom is -0.549 e. The number of hydrogen-bond donors (Lipinski definition) is 0. The van der Waals surface area contributed by atoms with Gasteiger partial charge in [-0.05, 0) is 11.5 Å². The van der Waals surface area contributed by atoms with Gasteiger partial charge in [0.2, 0.25) is 4.96 Å². The highest BCUT2D eigenvalue weighted by atomic mass is 32.1. The molecule has 2 heterocycles. The molecule has 0 N–H and O–H groups in total. The number of thiazole rings is 1.